The number of carbonyl (C=O) groups is 1. The van der Waals surface area contributed by atoms with Crippen LogP contribution in [0.5, 0.6) is 0 Å². The second-order valence-corrected chi connectivity index (χ2v) is 5.59. The maximum atomic E-state index is 14.2. The number of benzene rings is 1. The van der Waals surface area contributed by atoms with E-state index < -0.39 is 11.4 Å². The predicted molar refractivity (Wildman–Crippen MR) is 87.1 cm³/mol. The fraction of sp³-hybridized carbons (Fsp3) is 0.333. The molecule has 0 N–H and O–H groups in total. The maximum absolute atomic E-state index is 14.2. The van der Waals surface area contributed by atoms with E-state index in [0.29, 0.717) is 16.5 Å². The molecule has 3 rings (SSSR count). The van der Waals surface area contributed by atoms with Crippen LogP contribution in [0.1, 0.15) is 48.7 Å². The highest BCUT2D eigenvalue weighted by molar-refractivity contribution is 5.96. The van der Waals surface area contributed by atoms with Crippen LogP contribution in [0.25, 0.3) is 17.0 Å². The zero-order valence-corrected chi connectivity index (χ0v) is 13.1. The van der Waals surface area contributed by atoms with Crippen LogP contribution in [0, 0.1) is 5.82 Å². The van der Waals surface area contributed by atoms with Gasteiger partial charge in [-0.15, -0.1) is 0 Å². The molecule has 0 spiro atoms. The molecular formula is C18H18FNO3. The maximum Gasteiger partial charge on any atom is 0.343 e. The Kier molecular flexibility index (Phi) is 4.03. The minimum Gasteiger partial charge on any atom is -0.462 e. The SMILES string of the molecule is C/C=C\c1c(F)ccc2c(=O)c(C(=O)OCC)cn(C3CC3)c12. The standard InChI is InChI=1S/C18H18FNO3/c1-3-5-12-15(19)9-8-13-16(12)20(11-6-7-11)10-14(17(13)21)18(22)23-4-2/h3,5,8-11H,4,6-7H2,1-2H3/b5-3-. The third kappa shape index (κ3) is 2.67. The van der Waals surface area contributed by atoms with Crippen molar-refractivity contribution in [3.63, 3.8) is 0 Å². The number of ether oxygens (including phenoxy) is 1. The number of esters is 1. The second-order valence-electron chi connectivity index (χ2n) is 5.59. The minimum atomic E-state index is -0.634. The van der Waals surface area contributed by atoms with Gasteiger partial charge in [0.05, 0.1) is 12.1 Å². The fourth-order valence-electron chi connectivity index (χ4n) is 2.77. The summed E-state index contributed by atoms with van der Waals surface area (Å²) >= 11 is 0. The molecule has 0 unspecified atom stereocenters. The monoisotopic (exact) mass is 315 g/mol. The number of fused-ring (bicyclic) bond motifs is 1. The third-order valence-electron chi connectivity index (χ3n) is 3.95. The van der Waals surface area contributed by atoms with Crippen LogP contribution in [0.4, 0.5) is 4.39 Å². The zero-order valence-electron chi connectivity index (χ0n) is 13.1. The van der Waals surface area contributed by atoms with Crippen molar-refractivity contribution in [2.75, 3.05) is 6.61 Å². The number of carbonyl (C=O) groups excluding carboxylic acids is 1. The van der Waals surface area contributed by atoms with Gasteiger partial charge >= 0.3 is 5.97 Å². The number of hydrogen-bond acceptors (Lipinski definition) is 3. The Balaban J connectivity index is 2.37. The van der Waals surface area contributed by atoms with Gasteiger partial charge in [-0.25, -0.2) is 9.18 Å². The number of pyridine rings is 1. The van der Waals surface area contributed by atoms with Gasteiger partial charge < -0.3 is 9.30 Å². The van der Waals surface area contributed by atoms with Gasteiger partial charge in [-0.2, -0.15) is 0 Å². The Morgan fingerprint density at radius 1 is 1.43 bits per heavy atom. The van der Waals surface area contributed by atoms with Crippen LogP contribution in [0.15, 0.2) is 29.2 Å². The average Bonchev–Trinajstić information content (AvgIpc) is 3.35. The van der Waals surface area contributed by atoms with Crippen molar-refractivity contribution in [3.05, 3.63) is 51.6 Å². The van der Waals surface area contributed by atoms with E-state index in [-0.39, 0.29) is 24.0 Å². The van der Waals surface area contributed by atoms with Crippen molar-refractivity contribution in [3.8, 4) is 0 Å². The van der Waals surface area contributed by atoms with Crippen molar-refractivity contribution in [2.45, 2.75) is 32.7 Å². The number of allylic oxidation sites excluding steroid dienone is 1. The summed E-state index contributed by atoms with van der Waals surface area (Å²) in [6.45, 7) is 3.69. The summed E-state index contributed by atoms with van der Waals surface area (Å²) in [5.74, 6) is -1.01. The molecule has 0 amide bonds. The quantitative estimate of drug-likeness (QED) is 0.809. The van der Waals surface area contributed by atoms with Gasteiger partial charge in [0.1, 0.15) is 11.4 Å². The summed E-state index contributed by atoms with van der Waals surface area (Å²) in [6, 6.07) is 2.91. The molecule has 0 atom stereocenters. The Hall–Kier alpha value is -2.43. The van der Waals surface area contributed by atoms with Gasteiger partial charge in [0, 0.05) is 23.2 Å². The van der Waals surface area contributed by atoms with Crippen molar-refractivity contribution in [1.29, 1.82) is 0 Å². The van der Waals surface area contributed by atoms with E-state index in [1.54, 1.807) is 26.0 Å². The molecule has 1 aliphatic rings. The molecule has 1 fully saturated rings. The van der Waals surface area contributed by atoms with Gasteiger partial charge in [-0.3, -0.25) is 4.79 Å². The predicted octanol–water partition coefficient (Wildman–Crippen LogP) is 3.69. The molecule has 0 radical (unpaired) electrons. The zero-order chi connectivity index (χ0) is 16.6. The molecule has 1 aromatic heterocycles. The first-order valence-electron chi connectivity index (χ1n) is 7.75. The van der Waals surface area contributed by atoms with Crippen LogP contribution in [0.2, 0.25) is 0 Å². The van der Waals surface area contributed by atoms with Crippen LogP contribution in [-0.2, 0) is 4.74 Å². The van der Waals surface area contributed by atoms with Crippen LogP contribution < -0.4 is 5.43 Å². The van der Waals surface area contributed by atoms with Gasteiger partial charge in [-0.1, -0.05) is 12.2 Å². The highest BCUT2D eigenvalue weighted by Gasteiger charge is 2.28. The molecule has 0 saturated heterocycles. The molecule has 2 aromatic rings. The van der Waals surface area contributed by atoms with Crippen molar-refractivity contribution in [1.82, 2.24) is 4.57 Å². The molecule has 0 bridgehead atoms. The first-order chi connectivity index (χ1) is 11.1. The van der Waals surface area contributed by atoms with E-state index in [0.717, 1.165) is 12.8 Å². The molecular weight excluding hydrogens is 297 g/mol. The van der Waals surface area contributed by atoms with Gasteiger partial charge in [0.25, 0.3) is 0 Å². The molecule has 5 heteroatoms. The van der Waals surface area contributed by atoms with Crippen molar-refractivity contribution >= 4 is 22.9 Å². The highest BCUT2D eigenvalue weighted by Crippen LogP contribution is 2.38. The lowest BCUT2D eigenvalue weighted by atomic mass is 10.1. The summed E-state index contributed by atoms with van der Waals surface area (Å²) in [5, 5.41) is 0.344. The lowest BCUT2D eigenvalue weighted by Crippen LogP contribution is -2.21. The largest absolute Gasteiger partial charge is 0.462 e. The fourth-order valence-corrected chi connectivity index (χ4v) is 2.77. The summed E-state index contributed by atoms with van der Waals surface area (Å²) in [5.41, 5.74) is 0.512. The lowest BCUT2D eigenvalue weighted by Gasteiger charge is -2.15. The first-order valence-corrected chi connectivity index (χ1v) is 7.75. The summed E-state index contributed by atoms with van der Waals surface area (Å²) in [7, 11) is 0. The van der Waals surface area contributed by atoms with E-state index in [1.807, 2.05) is 4.57 Å². The normalized spacial score (nSPS) is 14.6. The van der Waals surface area contributed by atoms with Crippen LogP contribution in [-0.4, -0.2) is 17.1 Å². The number of aromatic nitrogens is 1. The van der Waals surface area contributed by atoms with Crippen molar-refractivity contribution < 1.29 is 13.9 Å². The molecule has 1 aromatic carbocycles. The highest BCUT2D eigenvalue weighted by atomic mass is 19.1. The summed E-state index contributed by atoms with van der Waals surface area (Å²) < 4.78 is 21.0. The summed E-state index contributed by atoms with van der Waals surface area (Å²) in [6.07, 6.45) is 6.81. The van der Waals surface area contributed by atoms with Crippen LogP contribution in [0.3, 0.4) is 0 Å². The minimum absolute atomic E-state index is 0.00397. The van der Waals surface area contributed by atoms with Crippen LogP contribution >= 0.6 is 0 Å². The topological polar surface area (TPSA) is 48.3 Å². The van der Waals surface area contributed by atoms with E-state index in [2.05, 4.69) is 0 Å². The Morgan fingerprint density at radius 2 is 2.17 bits per heavy atom. The average molecular weight is 315 g/mol. The van der Waals surface area contributed by atoms with Gasteiger partial charge in [0.15, 0.2) is 0 Å². The smallest absolute Gasteiger partial charge is 0.343 e. The molecule has 1 saturated carbocycles. The lowest BCUT2D eigenvalue weighted by molar-refractivity contribution is 0.0524. The Morgan fingerprint density at radius 3 is 2.78 bits per heavy atom. The first kappa shape index (κ1) is 15.5. The second kappa shape index (κ2) is 5.99. The van der Waals surface area contributed by atoms with E-state index in [1.165, 1.54) is 18.3 Å². The van der Waals surface area contributed by atoms with E-state index in [4.69, 9.17) is 4.74 Å². The number of hydrogen-bond donors (Lipinski definition) is 0. The number of nitrogens with zero attached hydrogens (tertiary/aromatic N) is 1. The Bertz CT molecular complexity index is 863. The third-order valence-corrected chi connectivity index (χ3v) is 3.95. The molecule has 23 heavy (non-hydrogen) atoms. The van der Waals surface area contributed by atoms with E-state index in [9.17, 15) is 14.0 Å². The molecule has 0 aliphatic heterocycles. The Labute approximate surface area is 133 Å². The van der Waals surface area contributed by atoms with Gasteiger partial charge in [0.2, 0.25) is 5.43 Å². The molecule has 1 aliphatic carbocycles. The molecule has 4 nitrogen and oxygen atoms in total. The van der Waals surface area contributed by atoms with E-state index >= 15 is 0 Å². The summed E-state index contributed by atoms with van der Waals surface area (Å²) in [4.78, 5) is 24.7. The number of rotatable bonds is 4. The van der Waals surface area contributed by atoms with Gasteiger partial charge in [-0.05, 0) is 38.8 Å². The number of halogens is 1. The van der Waals surface area contributed by atoms with Crippen molar-refractivity contribution in [2.24, 2.45) is 0 Å². The molecule has 1 heterocycles. The molecule has 120 valence electrons.